The molecule has 0 saturated carbocycles. The monoisotopic (exact) mass is 277 g/mol. The summed E-state index contributed by atoms with van der Waals surface area (Å²) in [5, 5.41) is 2.70. The van der Waals surface area contributed by atoms with Crippen LogP contribution in [0.4, 0.5) is 11.4 Å². The van der Waals surface area contributed by atoms with Crippen molar-refractivity contribution in [3.63, 3.8) is 0 Å². The number of hydrogen-bond acceptors (Lipinski definition) is 4. The number of hydrogen-bond donors (Lipinski definition) is 2. The average molecular weight is 277 g/mol. The van der Waals surface area contributed by atoms with Crippen LogP contribution in [0.25, 0.3) is 0 Å². The average Bonchev–Trinajstić information content (AvgIpc) is 2.79. The van der Waals surface area contributed by atoms with Crippen molar-refractivity contribution >= 4 is 23.2 Å². The Morgan fingerprint density at radius 2 is 2.30 bits per heavy atom. The maximum Gasteiger partial charge on any atom is 0.227 e. The summed E-state index contributed by atoms with van der Waals surface area (Å²) in [5.74, 6) is 0.633. The molecule has 1 aromatic rings. The van der Waals surface area contributed by atoms with Gasteiger partial charge in [-0.2, -0.15) is 0 Å². The molecule has 20 heavy (non-hydrogen) atoms. The number of rotatable bonds is 4. The van der Waals surface area contributed by atoms with Gasteiger partial charge in [0, 0.05) is 25.6 Å². The number of amides is 2. The van der Waals surface area contributed by atoms with E-state index in [1.165, 1.54) is 6.92 Å². The summed E-state index contributed by atoms with van der Waals surface area (Å²) in [5.41, 5.74) is 6.94. The molecule has 0 aliphatic carbocycles. The van der Waals surface area contributed by atoms with Gasteiger partial charge in [0.05, 0.1) is 12.8 Å². The van der Waals surface area contributed by atoms with Crippen LogP contribution in [-0.4, -0.2) is 32.0 Å². The fraction of sp³-hybridized carbons (Fsp3) is 0.429. The smallest absolute Gasteiger partial charge is 0.227 e. The number of methoxy groups -OCH3 is 1. The lowest BCUT2D eigenvalue weighted by Gasteiger charge is -2.20. The van der Waals surface area contributed by atoms with E-state index < -0.39 is 0 Å². The molecule has 3 N–H and O–H groups in total. The molecule has 0 bridgehead atoms. The van der Waals surface area contributed by atoms with Crippen molar-refractivity contribution in [3.8, 4) is 5.75 Å². The van der Waals surface area contributed by atoms with Gasteiger partial charge in [-0.15, -0.1) is 0 Å². The maximum absolute atomic E-state index is 12.1. The summed E-state index contributed by atoms with van der Waals surface area (Å²) in [7, 11) is 1.55. The molecular weight excluding hydrogens is 258 g/mol. The van der Waals surface area contributed by atoms with Gasteiger partial charge in [-0.25, -0.2) is 0 Å². The van der Waals surface area contributed by atoms with Gasteiger partial charge in [-0.1, -0.05) is 0 Å². The number of carbonyl (C=O) groups excluding carboxylic acids is 2. The number of benzene rings is 1. The third-order valence-corrected chi connectivity index (χ3v) is 3.33. The second-order valence-corrected chi connectivity index (χ2v) is 4.88. The van der Waals surface area contributed by atoms with E-state index in [2.05, 4.69) is 5.32 Å². The molecule has 1 saturated heterocycles. The summed E-state index contributed by atoms with van der Waals surface area (Å²) >= 11 is 0. The summed E-state index contributed by atoms with van der Waals surface area (Å²) < 4.78 is 5.30. The second kappa shape index (κ2) is 5.92. The van der Waals surface area contributed by atoms with Crippen molar-refractivity contribution in [1.82, 2.24) is 0 Å². The molecule has 0 spiro atoms. The largest absolute Gasteiger partial charge is 0.495 e. The van der Waals surface area contributed by atoms with E-state index in [0.29, 0.717) is 36.6 Å². The lowest BCUT2D eigenvalue weighted by Crippen LogP contribution is -2.26. The topological polar surface area (TPSA) is 84.7 Å². The predicted octanol–water partition coefficient (Wildman–Crippen LogP) is 0.965. The van der Waals surface area contributed by atoms with Gasteiger partial charge >= 0.3 is 0 Å². The Hall–Kier alpha value is -2.08. The molecule has 2 rings (SSSR count). The van der Waals surface area contributed by atoms with Gasteiger partial charge in [0.15, 0.2) is 0 Å². The number of anilines is 2. The number of nitrogens with one attached hydrogen (secondary N) is 1. The van der Waals surface area contributed by atoms with E-state index in [9.17, 15) is 9.59 Å². The molecule has 1 aliphatic heterocycles. The fourth-order valence-corrected chi connectivity index (χ4v) is 2.35. The zero-order valence-electron chi connectivity index (χ0n) is 11.7. The lowest BCUT2D eigenvalue weighted by molar-refractivity contribution is -0.117. The van der Waals surface area contributed by atoms with Gasteiger partial charge in [0.1, 0.15) is 5.75 Å². The minimum Gasteiger partial charge on any atom is -0.495 e. The second-order valence-electron chi connectivity index (χ2n) is 4.88. The van der Waals surface area contributed by atoms with Gasteiger partial charge < -0.3 is 20.7 Å². The van der Waals surface area contributed by atoms with Crippen LogP contribution in [0.5, 0.6) is 5.75 Å². The Morgan fingerprint density at radius 3 is 2.85 bits per heavy atom. The number of carbonyl (C=O) groups is 2. The lowest BCUT2D eigenvalue weighted by atomic mass is 10.1. The third-order valence-electron chi connectivity index (χ3n) is 3.33. The first-order valence-electron chi connectivity index (χ1n) is 6.51. The van der Waals surface area contributed by atoms with Crippen molar-refractivity contribution in [2.24, 2.45) is 11.7 Å². The van der Waals surface area contributed by atoms with Crippen LogP contribution in [0.2, 0.25) is 0 Å². The van der Waals surface area contributed by atoms with Crippen LogP contribution in [-0.2, 0) is 9.59 Å². The van der Waals surface area contributed by atoms with Gasteiger partial charge in [0.25, 0.3) is 0 Å². The number of nitrogens with two attached hydrogens (primary N) is 1. The zero-order valence-corrected chi connectivity index (χ0v) is 11.7. The van der Waals surface area contributed by atoms with Crippen molar-refractivity contribution < 1.29 is 14.3 Å². The first-order chi connectivity index (χ1) is 9.55. The highest BCUT2D eigenvalue weighted by Gasteiger charge is 2.31. The summed E-state index contributed by atoms with van der Waals surface area (Å²) in [6.07, 6.45) is 0.448. The van der Waals surface area contributed by atoms with Gasteiger partial charge in [-0.05, 0) is 30.7 Å². The SMILES string of the molecule is COc1ccc(NC(C)=O)cc1N1CC(CN)CC1=O. The minimum absolute atomic E-state index is 0.0266. The van der Waals surface area contributed by atoms with Crippen LogP contribution in [0, 0.1) is 5.92 Å². The normalized spacial score (nSPS) is 18.2. The first-order valence-corrected chi connectivity index (χ1v) is 6.51. The van der Waals surface area contributed by atoms with Crippen molar-refractivity contribution in [1.29, 1.82) is 0 Å². The predicted molar refractivity (Wildman–Crippen MR) is 76.8 cm³/mol. The van der Waals surface area contributed by atoms with Crippen LogP contribution >= 0.6 is 0 Å². The molecule has 108 valence electrons. The van der Waals surface area contributed by atoms with Crippen LogP contribution < -0.4 is 20.7 Å². The third kappa shape index (κ3) is 2.91. The zero-order chi connectivity index (χ0) is 14.7. The molecule has 1 aromatic carbocycles. The minimum atomic E-state index is -0.159. The quantitative estimate of drug-likeness (QED) is 0.858. The first kappa shape index (κ1) is 14.3. The molecule has 1 aliphatic rings. The van der Waals surface area contributed by atoms with E-state index in [0.717, 1.165) is 0 Å². The Morgan fingerprint density at radius 1 is 1.55 bits per heavy atom. The summed E-state index contributed by atoms with van der Waals surface area (Å²) in [6.45, 7) is 2.50. The molecule has 1 fully saturated rings. The Bertz CT molecular complexity index is 530. The van der Waals surface area contributed by atoms with E-state index in [4.69, 9.17) is 10.5 Å². The van der Waals surface area contributed by atoms with E-state index in [1.807, 2.05) is 0 Å². The fourth-order valence-electron chi connectivity index (χ4n) is 2.35. The van der Waals surface area contributed by atoms with Crippen LogP contribution in [0.15, 0.2) is 18.2 Å². The highest BCUT2D eigenvalue weighted by Crippen LogP contribution is 2.35. The Labute approximate surface area is 117 Å². The summed E-state index contributed by atoms with van der Waals surface area (Å²) in [4.78, 5) is 24.9. The van der Waals surface area contributed by atoms with E-state index in [-0.39, 0.29) is 17.7 Å². The Kier molecular flexibility index (Phi) is 4.24. The molecule has 1 unspecified atom stereocenters. The van der Waals surface area contributed by atoms with Crippen molar-refractivity contribution in [2.75, 3.05) is 30.4 Å². The highest BCUT2D eigenvalue weighted by molar-refractivity contribution is 5.98. The molecule has 0 aromatic heterocycles. The molecule has 6 heteroatoms. The number of ether oxygens (including phenoxy) is 1. The standard InChI is InChI=1S/C14H19N3O3/c1-9(18)16-11-3-4-13(20-2)12(6-11)17-8-10(7-15)5-14(17)19/h3-4,6,10H,5,7-8,15H2,1-2H3,(H,16,18). The van der Waals surface area contributed by atoms with Crippen LogP contribution in [0.1, 0.15) is 13.3 Å². The number of nitrogens with zero attached hydrogens (tertiary/aromatic N) is 1. The molecule has 6 nitrogen and oxygen atoms in total. The van der Waals surface area contributed by atoms with Gasteiger partial charge in [0.2, 0.25) is 11.8 Å². The molecule has 2 amide bonds. The summed E-state index contributed by atoms with van der Waals surface area (Å²) in [6, 6.07) is 5.23. The molecular formula is C14H19N3O3. The molecule has 1 atom stereocenters. The van der Waals surface area contributed by atoms with Gasteiger partial charge in [-0.3, -0.25) is 9.59 Å². The van der Waals surface area contributed by atoms with Crippen molar-refractivity contribution in [3.05, 3.63) is 18.2 Å². The molecule has 1 heterocycles. The Balaban J connectivity index is 2.33. The van der Waals surface area contributed by atoms with Crippen LogP contribution in [0.3, 0.4) is 0 Å². The van der Waals surface area contributed by atoms with E-state index in [1.54, 1.807) is 30.2 Å². The molecule has 0 radical (unpaired) electrons. The maximum atomic E-state index is 12.1. The van der Waals surface area contributed by atoms with E-state index >= 15 is 0 Å². The highest BCUT2D eigenvalue weighted by atomic mass is 16.5. The van der Waals surface area contributed by atoms with Crippen molar-refractivity contribution in [2.45, 2.75) is 13.3 Å².